The van der Waals surface area contributed by atoms with Gasteiger partial charge >= 0.3 is 6.03 Å². The smallest absolute Gasteiger partial charge is 0.321 e. The molecule has 2 aromatic rings. The molecule has 5 nitrogen and oxygen atoms in total. The van der Waals surface area contributed by atoms with E-state index in [2.05, 4.69) is 10.6 Å². The van der Waals surface area contributed by atoms with Crippen molar-refractivity contribution in [2.75, 3.05) is 18.4 Å². The van der Waals surface area contributed by atoms with Crippen molar-refractivity contribution in [2.45, 2.75) is 31.2 Å². The zero-order chi connectivity index (χ0) is 20.4. The highest BCUT2D eigenvalue weighted by Crippen LogP contribution is 2.32. The zero-order valence-corrected chi connectivity index (χ0v) is 15.9. The third-order valence-electron chi connectivity index (χ3n) is 5.48. The molecule has 7 heteroatoms. The molecule has 2 fully saturated rings. The summed E-state index contributed by atoms with van der Waals surface area (Å²) in [6.07, 6.45) is 2.64. The molecule has 2 atom stereocenters. The van der Waals surface area contributed by atoms with Crippen molar-refractivity contribution in [1.82, 2.24) is 10.2 Å². The van der Waals surface area contributed by atoms with E-state index < -0.39 is 17.7 Å². The zero-order valence-electron chi connectivity index (χ0n) is 15.9. The number of halogens is 2. The number of nitrogens with one attached hydrogen (secondary N) is 2. The van der Waals surface area contributed by atoms with Crippen LogP contribution in [0, 0.1) is 17.6 Å². The van der Waals surface area contributed by atoms with E-state index in [0.29, 0.717) is 13.0 Å². The molecule has 2 N–H and O–H groups in total. The number of nitrogens with zero attached hydrogens (tertiary/aromatic N) is 1. The Hall–Kier alpha value is -2.96. The van der Waals surface area contributed by atoms with Gasteiger partial charge in [0.25, 0.3) is 0 Å². The Labute approximate surface area is 168 Å². The maximum Gasteiger partial charge on any atom is 0.321 e. The molecule has 0 aromatic heterocycles. The number of hydrogen-bond donors (Lipinski definition) is 2. The van der Waals surface area contributed by atoms with Gasteiger partial charge in [0.05, 0.1) is 11.6 Å². The van der Waals surface area contributed by atoms with Crippen LogP contribution in [0.25, 0.3) is 0 Å². The summed E-state index contributed by atoms with van der Waals surface area (Å²) in [7, 11) is 0. The molecule has 3 amide bonds. The van der Waals surface area contributed by atoms with Crippen LogP contribution in [0.3, 0.4) is 0 Å². The largest absolute Gasteiger partial charge is 0.353 e. The summed E-state index contributed by atoms with van der Waals surface area (Å²) in [5, 5.41) is 5.53. The van der Waals surface area contributed by atoms with Gasteiger partial charge in [0.2, 0.25) is 5.91 Å². The van der Waals surface area contributed by atoms with Crippen molar-refractivity contribution in [2.24, 2.45) is 5.92 Å². The number of urea groups is 1. The van der Waals surface area contributed by atoms with Crippen molar-refractivity contribution in [1.29, 1.82) is 0 Å². The molecule has 0 radical (unpaired) electrons. The minimum Gasteiger partial charge on any atom is -0.353 e. The second-order valence-electron chi connectivity index (χ2n) is 7.78. The predicted octanol–water partition coefficient (Wildman–Crippen LogP) is 3.88. The van der Waals surface area contributed by atoms with E-state index in [4.69, 9.17) is 0 Å². The van der Waals surface area contributed by atoms with Gasteiger partial charge < -0.3 is 15.5 Å². The lowest BCUT2D eigenvalue weighted by Gasteiger charge is -2.37. The molecule has 29 heavy (non-hydrogen) atoms. The second-order valence-corrected chi connectivity index (χ2v) is 7.78. The number of rotatable bonds is 4. The normalized spacial score (nSPS) is 21.5. The summed E-state index contributed by atoms with van der Waals surface area (Å²) in [5.74, 6) is -1.92. The van der Waals surface area contributed by atoms with Crippen LogP contribution in [0.15, 0.2) is 48.5 Å². The average Bonchev–Trinajstić information content (AvgIpc) is 3.54. The number of carbonyl (C=O) groups is 2. The van der Waals surface area contributed by atoms with Gasteiger partial charge in [-0.1, -0.05) is 30.3 Å². The Balaban J connectivity index is 1.51. The van der Waals surface area contributed by atoms with Crippen molar-refractivity contribution in [3.05, 3.63) is 65.7 Å². The van der Waals surface area contributed by atoms with Crippen molar-refractivity contribution >= 4 is 17.6 Å². The van der Waals surface area contributed by atoms with Crippen LogP contribution < -0.4 is 10.6 Å². The van der Waals surface area contributed by atoms with Crippen LogP contribution in [-0.2, 0) is 4.79 Å². The highest BCUT2D eigenvalue weighted by atomic mass is 19.1. The van der Waals surface area contributed by atoms with Gasteiger partial charge in [0.15, 0.2) is 0 Å². The number of amides is 3. The number of benzene rings is 2. The molecule has 2 unspecified atom stereocenters. The van der Waals surface area contributed by atoms with Gasteiger partial charge in [-0.2, -0.15) is 0 Å². The lowest BCUT2D eigenvalue weighted by Crippen LogP contribution is -2.49. The maximum absolute atomic E-state index is 13.9. The number of hydrogen-bond acceptors (Lipinski definition) is 2. The molecule has 4 rings (SSSR count). The minimum absolute atomic E-state index is 0.00344. The van der Waals surface area contributed by atoms with E-state index in [0.717, 1.165) is 30.5 Å². The van der Waals surface area contributed by atoms with Crippen LogP contribution in [0.1, 0.15) is 30.7 Å². The fourth-order valence-corrected chi connectivity index (χ4v) is 3.75. The predicted molar refractivity (Wildman–Crippen MR) is 105 cm³/mol. The molecule has 1 saturated carbocycles. The minimum atomic E-state index is -0.835. The second kappa shape index (κ2) is 8.19. The first kappa shape index (κ1) is 19.4. The highest BCUT2D eigenvalue weighted by molar-refractivity contribution is 5.90. The maximum atomic E-state index is 13.9. The van der Waals surface area contributed by atoms with Gasteiger partial charge in [-0.25, -0.2) is 13.6 Å². The molecule has 1 aliphatic carbocycles. The fourth-order valence-electron chi connectivity index (χ4n) is 3.75. The molecular weight excluding hydrogens is 376 g/mol. The Morgan fingerprint density at radius 1 is 1.00 bits per heavy atom. The van der Waals surface area contributed by atoms with E-state index >= 15 is 0 Å². The number of piperidine rings is 1. The first-order chi connectivity index (χ1) is 14.0. The number of anilines is 1. The summed E-state index contributed by atoms with van der Waals surface area (Å²) in [6.45, 7) is 0.683. The molecule has 1 aliphatic heterocycles. The standard InChI is InChI=1S/C22H23F2N3O2/c23-17-6-9-20(19(24)11-17)26-22(29)27-12-15(14-4-2-1-3-5-14)10-16(13-27)21(28)25-18-7-8-18/h1-6,9,11,15-16,18H,7-8,10,12-13H2,(H,25,28)(H,26,29). The summed E-state index contributed by atoms with van der Waals surface area (Å²) in [5.41, 5.74) is 0.972. The van der Waals surface area contributed by atoms with Crippen molar-refractivity contribution in [3.63, 3.8) is 0 Å². The van der Waals surface area contributed by atoms with Crippen LogP contribution in [-0.4, -0.2) is 36.0 Å². The topological polar surface area (TPSA) is 61.4 Å². The van der Waals surface area contributed by atoms with Crippen molar-refractivity contribution < 1.29 is 18.4 Å². The first-order valence-electron chi connectivity index (χ1n) is 9.86. The Morgan fingerprint density at radius 3 is 2.45 bits per heavy atom. The monoisotopic (exact) mass is 399 g/mol. The lowest BCUT2D eigenvalue weighted by atomic mass is 9.84. The molecule has 1 heterocycles. The SMILES string of the molecule is O=C(NC1CC1)C1CC(c2ccccc2)CN(C(=O)Nc2ccc(F)cc2F)C1. The van der Waals surface area contributed by atoms with E-state index in [9.17, 15) is 18.4 Å². The van der Waals surface area contributed by atoms with Crippen molar-refractivity contribution in [3.8, 4) is 0 Å². The molecule has 0 spiro atoms. The van der Waals surface area contributed by atoms with Gasteiger partial charge in [0, 0.05) is 31.1 Å². The molecular formula is C22H23F2N3O2. The van der Waals surface area contributed by atoms with Crippen LogP contribution in [0.4, 0.5) is 19.3 Å². The quantitative estimate of drug-likeness (QED) is 0.820. The Bertz CT molecular complexity index is 902. The third kappa shape index (κ3) is 4.72. The molecule has 2 aliphatic rings. The third-order valence-corrected chi connectivity index (χ3v) is 5.48. The van der Waals surface area contributed by atoms with Gasteiger partial charge in [-0.15, -0.1) is 0 Å². The Kier molecular flexibility index (Phi) is 5.47. The Morgan fingerprint density at radius 2 is 1.76 bits per heavy atom. The van der Waals surface area contributed by atoms with Crippen LogP contribution in [0.2, 0.25) is 0 Å². The highest BCUT2D eigenvalue weighted by Gasteiger charge is 2.36. The lowest BCUT2D eigenvalue weighted by molar-refractivity contribution is -0.126. The molecule has 1 saturated heterocycles. The molecule has 152 valence electrons. The molecule has 2 aromatic carbocycles. The van der Waals surface area contributed by atoms with E-state index in [-0.39, 0.29) is 36.0 Å². The average molecular weight is 399 g/mol. The first-order valence-corrected chi connectivity index (χ1v) is 9.86. The number of likely N-dealkylation sites (tertiary alicyclic amines) is 1. The van der Waals surface area contributed by atoms with Crippen LogP contribution >= 0.6 is 0 Å². The van der Waals surface area contributed by atoms with Crippen LogP contribution in [0.5, 0.6) is 0 Å². The summed E-state index contributed by atoms with van der Waals surface area (Å²) < 4.78 is 27.1. The molecule has 0 bridgehead atoms. The van der Waals surface area contributed by atoms with Gasteiger partial charge in [-0.3, -0.25) is 4.79 Å². The van der Waals surface area contributed by atoms with E-state index in [1.54, 1.807) is 4.90 Å². The summed E-state index contributed by atoms with van der Waals surface area (Å²) in [4.78, 5) is 27.0. The van der Waals surface area contributed by atoms with Gasteiger partial charge in [0.1, 0.15) is 11.6 Å². The van der Waals surface area contributed by atoms with Gasteiger partial charge in [-0.05, 0) is 37.0 Å². The fraction of sp³-hybridized carbons (Fsp3) is 0.364. The van der Waals surface area contributed by atoms with E-state index in [1.165, 1.54) is 6.07 Å². The number of carbonyl (C=O) groups excluding carboxylic acids is 2. The van der Waals surface area contributed by atoms with E-state index in [1.807, 2.05) is 30.3 Å². The summed E-state index contributed by atoms with van der Waals surface area (Å²) in [6, 6.07) is 12.5. The summed E-state index contributed by atoms with van der Waals surface area (Å²) >= 11 is 0.